The van der Waals surface area contributed by atoms with Gasteiger partial charge in [-0.15, -0.1) is 0 Å². The normalized spacial score (nSPS) is 12.0. The summed E-state index contributed by atoms with van der Waals surface area (Å²) in [5, 5.41) is 3.67. The molecule has 0 aliphatic rings. The van der Waals surface area contributed by atoms with E-state index in [-0.39, 0.29) is 11.9 Å². The lowest BCUT2D eigenvalue weighted by atomic mass is 10.1. The molecule has 2 aromatic carbocycles. The highest BCUT2D eigenvalue weighted by molar-refractivity contribution is 6.31. The topological polar surface area (TPSA) is 50.8 Å². The lowest BCUT2D eigenvalue weighted by Crippen LogP contribution is -2.34. The lowest BCUT2D eigenvalue weighted by Gasteiger charge is -2.26. The lowest BCUT2D eigenvalue weighted by molar-refractivity contribution is 0.0941. The number of hydrogen-bond acceptors (Lipinski definition) is 4. The van der Waals surface area contributed by atoms with Crippen molar-refractivity contribution in [3.05, 3.63) is 64.7 Å². The van der Waals surface area contributed by atoms with Gasteiger partial charge >= 0.3 is 0 Å². The van der Waals surface area contributed by atoms with Gasteiger partial charge in [0.05, 0.1) is 12.6 Å². The Balaban J connectivity index is 2.02. The van der Waals surface area contributed by atoms with E-state index >= 15 is 0 Å². The molecule has 5 nitrogen and oxygen atoms in total. The van der Waals surface area contributed by atoms with Crippen LogP contribution in [0.5, 0.6) is 5.75 Å². The summed E-state index contributed by atoms with van der Waals surface area (Å²) in [6, 6.07) is 14.8. The van der Waals surface area contributed by atoms with Gasteiger partial charge in [0.15, 0.2) is 0 Å². The molecule has 0 aliphatic carbocycles. The summed E-state index contributed by atoms with van der Waals surface area (Å²) in [6.45, 7) is 1.39. The van der Waals surface area contributed by atoms with Crippen LogP contribution >= 0.6 is 11.6 Å². The number of hydrogen-bond donors (Lipinski definition) is 1. The first-order valence-corrected chi connectivity index (χ1v) is 8.81. The Morgan fingerprint density at radius 1 is 1.15 bits per heavy atom. The van der Waals surface area contributed by atoms with Gasteiger partial charge in [-0.2, -0.15) is 0 Å². The third-order valence-electron chi connectivity index (χ3n) is 4.00. The van der Waals surface area contributed by atoms with Gasteiger partial charge in [0.1, 0.15) is 12.4 Å². The van der Waals surface area contributed by atoms with Crippen molar-refractivity contribution < 1.29 is 14.3 Å². The molecule has 0 fully saturated rings. The van der Waals surface area contributed by atoms with E-state index in [1.54, 1.807) is 25.3 Å². The highest BCUT2D eigenvalue weighted by Gasteiger charge is 2.18. The first-order chi connectivity index (χ1) is 12.5. The van der Waals surface area contributed by atoms with E-state index in [1.807, 2.05) is 49.3 Å². The summed E-state index contributed by atoms with van der Waals surface area (Å²) in [6.07, 6.45) is 0. The largest absolute Gasteiger partial charge is 0.491 e. The zero-order valence-corrected chi connectivity index (χ0v) is 16.1. The van der Waals surface area contributed by atoms with E-state index in [1.165, 1.54) is 0 Å². The van der Waals surface area contributed by atoms with E-state index in [4.69, 9.17) is 21.1 Å². The Labute approximate surface area is 159 Å². The predicted octanol–water partition coefficient (Wildman–Crippen LogP) is 3.40. The standard InChI is InChI=1S/C20H25ClN2O3/c1-23(2)19(17-9-4-5-10-18(17)21)14-22-20(24)15-7-6-8-16(13-15)26-12-11-25-3/h4-10,13,19H,11-12,14H2,1-3H3,(H,22,24). The molecular weight excluding hydrogens is 352 g/mol. The van der Waals surface area contributed by atoms with Gasteiger partial charge in [-0.05, 0) is 43.9 Å². The Hall–Kier alpha value is -2.08. The van der Waals surface area contributed by atoms with E-state index in [0.29, 0.717) is 36.1 Å². The monoisotopic (exact) mass is 376 g/mol. The second-order valence-corrected chi connectivity index (χ2v) is 6.49. The molecule has 0 heterocycles. The first kappa shape index (κ1) is 20.2. The molecule has 0 spiro atoms. The number of rotatable bonds is 9. The van der Waals surface area contributed by atoms with Crippen LogP contribution in [0.4, 0.5) is 0 Å². The molecule has 0 radical (unpaired) electrons. The minimum atomic E-state index is -0.152. The quantitative estimate of drug-likeness (QED) is 0.681. The van der Waals surface area contributed by atoms with Crippen molar-refractivity contribution in [2.45, 2.75) is 6.04 Å². The number of methoxy groups -OCH3 is 1. The summed E-state index contributed by atoms with van der Waals surface area (Å²) in [4.78, 5) is 14.6. The SMILES string of the molecule is COCCOc1cccc(C(=O)NCC(c2ccccc2Cl)N(C)C)c1. The Kier molecular flexibility index (Phi) is 7.91. The van der Waals surface area contributed by atoms with Crippen molar-refractivity contribution in [2.24, 2.45) is 0 Å². The second-order valence-electron chi connectivity index (χ2n) is 6.08. The maximum Gasteiger partial charge on any atom is 0.251 e. The average molecular weight is 377 g/mol. The number of ether oxygens (including phenoxy) is 2. The minimum Gasteiger partial charge on any atom is -0.491 e. The molecule has 1 atom stereocenters. The number of likely N-dealkylation sites (N-methyl/N-ethyl adjacent to an activating group) is 1. The van der Waals surface area contributed by atoms with E-state index in [0.717, 1.165) is 5.56 Å². The summed E-state index contributed by atoms with van der Waals surface area (Å²) >= 11 is 6.31. The van der Waals surface area contributed by atoms with Crippen molar-refractivity contribution in [3.8, 4) is 5.75 Å². The molecular formula is C20H25ClN2O3. The number of nitrogens with zero attached hydrogens (tertiary/aromatic N) is 1. The van der Waals surface area contributed by atoms with Crippen LogP contribution in [0.25, 0.3) is 0 Å². The summed E-state index contributed by atoms with van der Waals surface area (Å²) in [5.41, 5.74) is 1.53. The summed E-state index contributed by atoms with van der Waals surface area (Å²) < 4.78 is 10.5. The van der Waals surface area contributed by atoms with Crippen LogP contribution < -0.4 is 10.1 Å². The maximum absolute atomic E-state index is 12.5. The molecule has 1 unspecified atom stereocenters. The van der Waals surface area contributed by atoms with E-state index < -0.39 is 0 Å². The van der Waals surface area contributed by atoms with Gasteiger partial charge < -0.3 is 19.7 Å². The molecule has 2 rings (SSSR count). The van der Waals surface area contributed by atoms with E-state index in [9.17, 15) is 4.79 Å². The fraction of sp³-hybridized carbons (Fsp3) is 0.350. The number of benzene rings is 2. The highest BCUT2D eigenvalue weighted by atomic mass is 35.5. The molecule has 0 aromatic heterocycles. The van der Waals surface area contributed by atoms with Gasteiger partial charge in [-0.1, -0.05) is 35.9 Å². The maximum atomic E-state index is 12.5. The zero-order chi connectivity index (χ0) is 18.9. The molecule has 1 N–H and O–H groups in total. The molecule has 0 aliphatic heterocycles. The van der Waals surface area contributed by atoms with Crippen molar-refractivity contribution in [2.75, 3.05) is 41.0 Å². The van der Waals surface area contributed by atoms with Crippen LogP contribution in [0.15, 0.2) is 48.5 Å². The van der Waals surface area contributed by atoms with Crippen LogP contribution in [0.3, 0.4) is 0 Å². The Morgan fingerprint density at radius 3 is 2.62 bits per heavy atom. The second kappa shape index (κ2) is 10.2. The number of carbonyl (C=O) groups is 1. The number of halogens is 1. The molecule has 1 amide bonds. The number of nitrogens with one attached hydrogen (secondary N) is 1. The van der Waals surface area contributed by atoms with Gasteiger partial charge in [0.2, 0.25) is 0 Å². The van der Waals surface area contributed by atoms with Crippen molar-refractivity contribution in [3.63, 3.8) is 0 Å². The van der Waals surface area contributed by atoms with Crippen molar-refractivity contribution in [1.82, 2.24) is 10.2 Å². The van der Waals surface area contributed by atoms with Gasteiger partial charge in [0, 0.05) is 24.2 Å². The molecule has 0 saturated carbocycles. The molecule has 0 saturated heterocycles. The first-order valence-electron chi connectivity index (χ1n) is 8.43. The van der Waals surface area contributed by atoms with Crippen LogP contribution in [-0.2, 0) is 4.74 Å². The van der Waals surface area contributed by atoms with Gasteiger partial charge in [-0.25, -0.2) is 0 Å². The molecule has 6 heteroatoms. The van der Waals surface area contributed by atoms with Crippen LogP contribution in [0, 0.1) is 0 Å². The summed E-state index contributed by atoms with van der Waals surface area (Å²) in [5.74, 6) is 0.492. The zero-order valence-electron chi connectivity index (χ0n) is 15.4. The average Bonchev–Trinajstić information content (AvgIpc) is 2.63. The van der Waals surface area contributed by atoms with Gasteiger partial charge in [-0.3, -0.25) is 4.79 Å². The Bertz CT molecular complexity index is 722. The van der Waals surface area contributed by atoms with Crippen LogP contribution in [0.2, 0.25) is 5.02 Å². The number of amides is 1. The highest BCUT2D eigenvalue weighted by Crippen LogP contribution is 2.25. The van der Waals surface area contributed by atoms with E-state index in [2.05, 4.69) is 5.32 Å². The fourth-order valence-electron chi connectivity index (χ4n) is 2.58. The fourth-order valence-corrected chi connectivity index (χ4v) is 2.84. The summed E-state index contributed by atoms with van der Waals surface area (Å²) in [7, 11) is 5.54. The van der Waals surface area contributed by atoms with Crippen LogP contribution in [0.1, 0.15) is 22.0 Å². The molecule has 2 aromatic rings. The van der Waals surface area contributed by atoms with Gasteiger partial charge in [0.25, 0.3) is 5.91 Å². The third-order valence-corrected chi connectivity index (χ3v) is 4.34. The van der Waals surface area contributed by atoms with Crippen molar-refractivity contribution in [1.29, 1.82) is 0 Å². The molecule has 140 valence electrons. The minimum absolute atomic E-state index is 0.0196. The smallest absolute Gasteiger partial charge is 0.251 e. The van der Waals surface area contributed by atoms with Crippen LogP contribution in [-0.4, -0.2) is 51.8 Å². The number of carbonyl (C=O) groups excluding carboxylic acids is 1. The molecule has 26 heavy (non-hydrogen) atoms. The molecule has 0 bridgehead atoms. The third kappa shape index (κ3) is 5.73. The Morgan fingerprint density at radius 2 is 1.92 bits per heavy atom. The predicted molar refractivity (Wildman–Crippen MR) is 104 cm³/mol. The van der Waals surface area contributed by atoms with Crippen molar-refractivity contribution >= 4 is 17.5 Å².